The summed E-state index contributed by atoms with van der Waals surface area (Å²) in [7, 11) is -6.84. The number of phenols is 3. The summed E-state index contributed by atoms with van der Waals surface area (Å²) in [4.78, 5) is 37.9. The van der Waals surface area contributed by atoms with Crippen molar-refractivity contribution in [3.63, 3.8) is 0 Å². The average Bonchev–Trinajstić information content (AvgIpc) is 3.49. The second kappa shape index (κ2) is 25.4. The highest BCUT2D eigenvalue weighted by Crippen LogP contribution is 2.30. The van der Waals surface area contributed by atoms with Crippen LogP contribution in [0.2, 0.25) is 0 Å². The van der Waals surface area contributed by atoms with Crippen LogP contribution >= 0.6 is 0 Å². The number of para-hydroxylation sites is 3. The zero-order valence-corrected chi connectivity index (χ0v) is 44.5. The molecule has 10 aromatic rings. The highest BCUT2D eigenvalue weighted by Gasteiger charge is 2.19. The van der Waals surface area contributed by atoms with Crippen LogP contribution in [0.25, 0.3) is 0 Å². The minimum atomic E-state index is -3.59. The van der Waals surface area contributed by atoms with E-state index < -0.39 is 19.7 Å². The zero-order valence-electron chi connectivity index (χ0n) is 42.9. The van der Waals surface area contributed by atoms with Crippen LogP contribution in [0.5, 0.6) is 51.7 Å². The van der Waals surface area contributed by atoms with Crippen LogP contribution < -0.4 is 14.2 Å². The van der Waals surface area contributed by atoms with Crippen LogP contribution in [0.1, 0.15) is 53.3 Å². The number of aromatic hydroxyl groups is 3. The Balaban J connectivity index is 0.000000160. The van der Waals surface area contributed by atoms with E-state index in [1.807, 2.05) is 31.2 Å². The molecule has 0 aliphatic carbocycles. The van der Waals surface area contributed by atoms with Gasteiger partial charge in [0.2, 0.25) is 9.84 Å². The van der Waals surface area contributed by atoms with Crippen molar-refractivity contribution in [1.82, 2.24) is 0 Å². The normalized spacial score (nSPS) is 10.9. The molecule has 0 unspecified atom stereocenters. The van der Waals surface area contributed by atoms with Crippen molar-refractivity contribution in [2.75, 3.05) is 6.26 Å². The van der Waals surface area contributed by atoms with Gasteiger partial charge in [0.05, 0.1) is 31.4 Å². The fourth-order valence-electron chi connectivity index (χ4n) is 7.68. The number of hydrogen-bond acceptors (Lipinski definition) is 13. The topological polar surface area (TPSA) is 208 Å². The van der Waals surface area contributed by atoms with E-state index in [4.69, 9.17) is 14.2 Å². The van der Waals surface area contributed by atoms with Crippen molar-refractivity contribution >= 4 is 37.0 Å². The van der Waals surface area contributed by atoms with Crippen molar-refractivity contribution < 1.29 is 60.7 Å². The number of ether oxygens (including phenoxy) is 3. The molecule has 0 fully saturated rings. The summed E-state index contributed by atoms with van der Waals surface area (Å²) in [5.41, 5.74) is 3.26. The number of carbonyl (C=O) groups excluding carboxylic acids is 3. The minimum Gasteiger partial charge on any atom is -0.507 e. The Morgan fingerprint density at radius 3 is 0.863 bits per heavy atom. The fraction of sp³-hybridized carbons (Fsp3) is 0.0308. The maximum Gasteiger partial charge on any atom is 0.206 e. The summed E-state index contributed by atoms with van der Waals surface area (Å²) in [5.74, 6) is 2.40. The molecule has 0 saturated heterocycles. The van der Waals surface area contributed by atoms with Gasteiger partial charge in [0.1, 0.15) is 51.7 Å². The molecule has 0 spiro atoms. The molecule has 0 saturated carbocycles. The summed E-state index contributed by atoms with van der Waals surface area (Å²) in [6, 6.07) is 67.3. The molecule has 0 atom stereocenters. The van der Waals surface area contributed by atoms with Gasteiger partial charge in [0, 0.05) is 22.9 Å². The Labute approximate surface area is 462 Å². The third-order valence-corrected chi connectivity index (χ3v) is 14.9. The Bertz CT molecular complexity index is 4000. The summed E-state index contributed by atoms with van der Waals surface area (Å²) in [6.45, 7) is 2.02. The highest BCUT2D eigenvalue weighted by molar-refractivity contribution is 7.91. The van der Waals surface area contributed by atoms with Gasteiger partial charge in [-0.15, -0.1) is 0 Å². The molecule has 13 nitrogen and oxygen atoms in total. The smallest absolute Gasteiger partial charge is 0.206 e. The first-order chi connectivity index (χ1) is 38.4. The number of benzene rings is 10. The molecule has 0 amide bonds. The monoisotopic (exact) mass is 1100 g/mol. The van der Waals surface area contributed by atoms with Crippen molar-refractivity contribution in [2.45, 2.75) is 21.6 Å². The number of aryl methyl sites for hydroxylation is 1. The molecule has 80 heavy (non-hydrogen) atoms. The standard InChI is InChI=1S/C25H18O5S.C20H16O5S.C20H16O3/c26-24-9-5-4-8-23(24)25(27)18-10-12-19(13-11-18)30-20-14-16-22(17-15-20)31(28,29)21-6-2-1-3-7-21;1-26(23,24)17-12-10-16(11-13-17)25-15-8-6-14(7-9-15)20(22)18-4-2-3-5-19(18)21;1-14-6-10-16(11-7-14)23-17-12-8-15(9-13-17)20(22)18-4-2-3-5-19(18)21/h1-17,26H;2-13,21H,1H3;2-13,21H,1H3. The van der Waals surface area contributed by atoms with Crippen LogP contribution in [0.15, 0.2) is 263 Å². The van der Waals surface area contributed by atoms with E-state index in [1.54, 1.807) is 182 Å². The number of sulfone groups is 2. The van der Waals surface area contributed by atoms with Crippen LogP contribution in [0.4, 0.5) is 0 Å². The molecule has 0 radical (unpaired) electrons. The van der Waals surface area contributed by atoms with E-state index in [1.165, 1.54) is 48.0 Å². The van der Waals surface area contributed by atoms with Gasteiger partial charge in [-0.25, -0.2) is 16.8 Å². The molecule has 0 aliphatic heterocycles. The molecular formula is C65H50O13S2. The van der Waals surface area contributed by atoms with E-state index in [-0.39, 0.29) is 60.4 Å². The number of ketones is 3. The van der Waals surface area contributed by atoms with Crippen LogP contribution in [0.3, 0.4) is 0 Å². The first-order valence-electron chi connectivity index (χ1n) is 24.5. The van der Waals surface area contributed by atoms with Crippen molar-refractivity contribution in [1.29, 1.82) is 0 Å². The molecule has 3 N–H and O–H groups in total. The van der Waals surface area contributed by atoms with E-state index >= 15 is 0 Å². The lowest BCUT2D eigenvalue weighted by atomic mass is 10.0. The lowest BCUT2D eigenvalue weighted by Gasteiger charge is -2.09. The van der Waals surface area contributed by atoms with Gasteiger partial charge in [-0.1, -0.05) is 72.3 Å². The maximum absolute atomic E-state index is 12.7. The van der Waals surface area contributed by atoms with Gasteiger partial charge in [0.15, 0.2) is 27.2 Å². The summed E-state index contributed by atoms with van der Waals surface area (Å²) in [6.07, 6.45) is 1.14. The van der Waals surface area contributed by atoms with E-state index in [0.717, 1.165) is 12.0 Å². The molecule has 0 heterocycles. The van der Waals surface area contributed by atoms with Crippen molar-refractivity contribution in [3.05, 3.63) is 288 Å². The number of hydrogen-bond donors (Lipinski definition) is 3. The lowest BCUT2D eigenvalue weighted by molar-refractivity contribution is 0.102. The number of rotatable bonds is 15. The third kappa shape index (κ3) is 14.5. The van der Waals surface area contributed by atoms with E-state index in [0.29, 0.717) is 51.0 Å². The van der Waals surface area contributed by atoms with E-state index in [9.17, 15) is 46.5 Å². The van der Waals surface area contributed by atoms with Gasteiger partial charge in [-0.3, -0.25) is 14.4 Å². The first-order valence-corrected chi connectivity index (χ1v) is 27.9. The third-order valence-electron chi connectivity index (χ3n) is 12.0. The zero-order chi connectivity index (χ0) is 56.8. The SMILES string of the molecule is CS(=O)(=O)c1ccc(Oc2ccc(C(=O)c3ccccc3O)cc2)cc1.Cc1ccc(Oc2ccc(C(=O)c3ccccc3O)cc2)cc1.O=C(c1ccc(Oc2ccc(S(=O)(=O)c3ccccc3)cc2)cc1)c1ccccc1O. The largest absolute Gasteiger partial charge is 0.507 e. The average molecular weight is 1100 g/mol. The predicted molar refractivity (Wildman–Crippen MR) is 303 cm³/mol. The Morgan fingerprint density at radius 2 is 0.562 bits per heavy atom. The minimum absolute atomic E-state index is 0.0162. The quantitative estimate of drug-likeness (QED) is 0.0818. The van der Waals surface area contributed by atoms with Crippen LogP contribution in [0, 0.1) is 6.92 Å². The van der Waals surface area contributed by atoms with Gasteiger partial charge < -0.3 is 29.5 Å². The highest BCUT2D eigenvalue weighted by atomic mass is 32.2. The van der Waals surface area contributed by atoms with Crippen molar-refractivity contribution in [2.24, 2.45) is 0 Å². The summed E-state index contributed by atoms with van der Waals surface area (Å²) >= 11 is 0. The molecule has 10 rings (SSSR count). The number of phenolic OH excluding ortho intramolecular Hbond substituents is 3. The molecule has 400 valence electrons. The molecular weight excluding hydrogens is 1050 g/mol. The molecule has 15 heteroatoms. The Kier molecular flexibility index (Phi) is 17.8. The lowest BCUT2D eigenvalue weighted by Crippen LogP contribution is -2.02. The van der Waals surface area contributed by atoms with Crippen molar-refractivity contribution in [3.8, 4) is 51.7 Å². The Morgan fingerprint density at radius 1 is 0.312 bits per heavy atom. The molecule has 0 aromatic heterocycles. The van der Waals surface area contributed by atoms with Crippen LogP contribution in [-0.4, -0.2) is 55.8 Å². The van der Waals surface area contributed by atoms with Gasteiger partial charge in [-0.2, -0.15) is 0 Å². The second-order valence-electron chi connectivity index (χ2n) is 17.8. The predicted octanol–water partition coefficient (Wildman–Crippen LogP) is 13.8. The Hall–Kier alpha value is -10.1. The van der Waals surface area contributed by atoms with E-state index in [2.05, 4.69) is 0 Å². The van der Waals surface area contributed by atoms with Gasteiger partial charge in [0.25, 0.3) is 0 Å². The molecule has 10 aromatic carbocycles. The summed E-state index contributed by atoms with van der Waals surface area (Å²) < 4.78 is 65.4. The van der Waals surface area contributed by atoms with Crippen LogP contribution in [-0.2, 0) is 19.7 Å². The van der Waals surface area contributed by atoms with Gasteiger partial charge in [-0.05, 0) is 189 Å². The second-order valence-corrected chi connectivity index (χ2v) is 21.7. The molecule has 0 bridgehead atoms. The fourth-order valence-corrected chi connectivity index (χ4v) is 9.59. The first kappa shape index (κ1) is 56.1. The maximum atomic E-state index is 12.7. The summed E-state index contributed by atoms with van der Waals surface area (Å²) in [5, 5.41) is 29.4. The molecule has 0 aliphatic rings. The number of carbonyl (C=O) groups is 3. The van der Waals surface area contributed by atoms with Gasteiger partial charge >= 0.3 is 0 Å².